The molecule has 0 bridgehead atoms. The summed E-state index contributed by atoms with van der Waals surface area (Å²) in [5, 5.41) is 8.79. The number of aromatic nitrogens is 1. The van der Waals surface area contributed by atoms with Gasteiger partial charge in [-0.05, 0) is 39.3 Å². The van der Waals surface area contributed by atoms with Gasteiger partial charge in [0.2, 0.25) is 0 Å². The minimum Gasteiger partial charge on any atom is -0.476 e. The highest BCUT2D eigenvalue weighted by molar-refractivity contribution is 5.85. The van der Waals surface area contributed by atoms with Crippen LogP contribution in [0.2, 0.25) is 0 Å². The number of anilines is 1. The number of carboxylic acid groups (broad SMARTS) is 1. The number of aromatic carboxylic acids is 1. The van der Waals surface area contributed by atoms with Crippen molar-refractivity contribution >= 4 is 12.0 Å². The SMILES string of the molecule is CC(CCN(C)c1nc(C(=O)O)co1)N1CCCC1. The standard InChI is InChI=1S/C13H21N3O3/c1-10(16-6-3-4-7-16)5-8-15(2)13-14-11(9-19-13)12(17)18/h9-10H,3-8H2,1-2H3,(H,17,18). The van der Waals surface area contributed by atoms with Crippen LogP contribution in [0.1, 0.15) is 36.7 Å². The highest BCUT2D eigenvalue weighted by Crippen LogP contribution is 2.16. The van der Waals surface area contributed by atoms with Crippen LogP contribution < -0.4 is 4.90 Å². The Balaban J connectivity index is 1.82. The van der Waals surface area contributed by atoms with Gasteiger partial charge < -0.3 is 19.3 Å². The van der Waals surface area contributed by atoms with Crippen molar-refractivity contribution in [1.82, 2.24) is 9.88 Å². The van der Waals surface area contributed by atoms with E-state index < -0.39 is 5.97 Å². The third-order valence-corrected chi connectivity index (χ3v) is 3.68. The molecule has 1 N–H and O–H groups in total. The maximum absolute atomic E-state index is 10.7. The van der Waals surface area contributed by atoms with Crippen molar-refractivity contribution in [3.8, 4) is 0 Å². The van der Waals surface area contributed by atoms with Crippen LogP contribution in [0.25, 0.3) is 0 Å². The average molecular weight is 267 g/mol. The predicted molar refractivity (Wildman–Crippen MR) is 71.6 cm³/mol. The Bertz CT molecular complexity index is 427. The Morgan fingerprint density at radius 1 is 1.58 bits per heavy atom. The van der Waals surface area contributed by atoms with Gasteiger partial charge in [0.1, 0.15) is 6.26 Å². The van der Waals surface area contributed by atoms with E-state index in [-0.39, 0.29) is 5.69 Å². The molecule has 106 valence electrons. The van der Waals surface area contributed by atoms with Gasteiger partial charge in [-0.15, -0.1) is 0 Å². The number of carbonyl (C=O) groups is 1. The van der Waals surface area contributed by atoms with Crippen LogP contribution >= 0.6 is 0 Å². The first-order valence-electron chi connectivity index (χ1n) is 6.72. The van der Waals surface area contributed by atoms with Crippen molar-refractivity contribution in [1.29, 1.82) is 0 Å². The van der Waals surface area contributed by atoms with Crippen LogP contribution in [-0.2, 0) is 0 Å². The van der Waals surface area contributed by atoms with Gasteiger partial charge in [-0.1, -0.05) is 0 Å². The second kappa shape index (κ2) is 6.06. The van der Waals surface area contributed by atoms with Crippen LogP contribution in [-0.4, -0.2) is 53.7 Å². The topological polar surface area (TPSA) is 69.8 Å². The van der Waals surface area contributed by atoms with Crippen molar-refractivity contribution in [3.63, 3.8) is 0 Å². The first kappa shape index (κ1) is 13.9. The van der Waals surface area contributed by atoms with E-state index in [0.29, 0.717) is 12.1 Å². The molecule has 1 unspecified atom stereocenters. The molecule has 0 aromatic carbocycles. The van der Waals surface area contributed by atoms with E-state index in [1.165, 1.54) is 32.2 Å². The summed E-state index contributed by atoms with van der Waals surface area (Å²) >= 11 is 0. The molecule has 2 heterocycles. The minimum absolute atomic E-state index is 0.0468. The number of hydrogen-bond donors (Lipinski definition) is 1. The Morgan fingerprint density at radius 3 is 2.84 bits per heavy atom. The van der Waals surface area contributed by atoms with Crippen molar-refractivity contribution in [2.45, 2.75) is 32.2 Å². The number of hydrogen-bond acceptors (Lipinski definition) is 5. The van der Waals surface area contributed by atoms with Crippen molar-refractivity contribution < 1.29 is 14.3 Å². The number of carboxylic acids is 1. The highest BCUT2D eigenvalue weighted by atomic mass is 16.4. The molecule has 1 atom stereocenters. The van der Waals surface area contributed by atoms with Crippen LogP contribution in [0.4, 0.5) is 6.01 Å². The smallest absolute Gasteiger partial charge is 0.357 e. The summed E-state index contributed by atoms with van der Waals surface area (Å²) in [5.41, 5.74) is -0.0468. The lowest BCUT2D eigenvalue weighted by molar-refractivity contribution is 0.0690. The minimum atomic E-state index is -1.06. The molecular formula is C13H21N3O3. The molecule has 1 aliphatic heterocycles. The van der Waals surface area contributed by atoms with Gasteiger partial charge in [0.15, 0.2) is 5.69 Å². The largest absolute Gasteiger partial charge is 0.476 e. The molecule has 0 amide bonds. The Labute approximate surface area is 113 Å². The van der Waals surface area contributed by atoms with Crippen LogP contribution in [0.5, 0.6) is 0 Å². The first-order chi connectivity index (χ1) is 9.08. The fourth-order valence-corrected chi connectivity index (χ4v) is 2.38. The predicted octanol–water partition coefficient (Wildman–Crippen LogP) is 1.68. The Kier molecular flexibility index (Phi) is 4.42. The molecule has 0 spiro atoms. The maximum Gasteiger partial charge on any atom is 0.357 e. The van der Waals surface area contributed by atoms with Gasteiger partial charge in [0.05, 0.1) is 0 Å². The van der Waals surface area contributed by atoms with Crippen molar-refractivity contribution in [3.05, 3.63) is 12.0 Å². The lowest BCUT2D eigenvalue weighted by atomic mass is 10.2. The summed E-state index contributed by atoms with van der Waals surface area (Å²) in [7, 11) is 1.87. The molecule has 0 saturated carbocycles. The first-order valence-corrected chi connectivity index (χ1v) is 6.72. The van der Waals surface area contributed by atoms with Crippen LogP contribution in [0.3, 0.4) is 0 Å². The molecular weight excluding hydrogens is 246 g/mol. The fraction of sp³-hybridized carbons (Fsp3) is 0.692. The van der Waals surface area contributed by atoms with E-state index in [1.807, 2.05) is 11.9 Å². The van der Waals surface area contributed by atoms with Gasteiger partial charge >= 0.3 is 5.97 Å². The number of nitrogens with zero attached hydrogens (tertiary/aromatic N) is 3. The number of likely N-dealkylation sites (tertiary alicyclic amines) is 1. The van der Waals surface area contributed by atoms with Crippen LogP contribution in [0.15, 0.2) is 10.7 Å². The quantitative estimate of drug-likeness (QED) is 0.845. The molecule has 6 heteroatoms. The van der Waals surface area contributed by atoms with E-state index in [2.05, 4.69) is 16.8 Å². The van der Waals surface area contributed by atoms with Crippen molar-refractivity contribution in [2.24, 2.45) is 0 Å². The molecule has 1 aliphatic rings. The summed E-state index contributed by atoms with van der Waals surface area (Å²) in [4.78, 5) is 19.0. The summed E-state index contributed by atoms with van der Waals surface area (Å²) in [6.07, 6.45) is 4.78. The molecule has 1 saturated heterocycles. The van der Waals surface area contributed by atoms with Gasteiger partial charge in [-0.2, -0.15) is 4.98 Å². The second-order valence-corrected chi connectivity index (χ2v) is 5.12. The van der Waals surface area contributed by atoms with Crippen molar-refractivity contribution in [2.75, 3.05) is 31.6 Å². The maximum atomic E-state index is 10.7. The molecule has 2 rings (SSSR count). The molecule has 1 aromatic rings. The van der Waals surface area contributed by atoms with Gasteiger partial charge in [-0.3, -0.25) is 0 Å². The zero-order chi connectivity index (χ0) is 13.8. The van der Waals surface area contributed by atoms with Gasteiger partial charge in [0, 0.05) is 19.6 Å². The highest BCUT2D eigenvalue weighted by Gasteiger charge is 2.19. The monoisotopic (exact) mass is 267 g/mol. The second-order valence-electron chi connectivity index (χ2n) is 5.12. The normalized spacial score (nSPS) is 17.6. The third-order valence-electron chi connectivity index (χ3n) is 3.68. The molecule has 1 fully saturated rings. The zero-order valence-corrected chi connectivity index (χ0v) is 11.5. The number of oxazole rings is 1. The summed E-state index contributed by atoms with van der Waals surface area (Å²) in [6.45, 7) is 5.41. The van der Waals surface area contributed by atoms with E-state index in [1.54, 1.807) is 0 Å². The van der Waals surface area contributed by atoms with Gasteiger partial charge in [0.25, 0.3) is 6.01 Å². The Hall–Kier alpha value is -1.56. The summed E-state index contributed by atoms with van der Waals surface area (Å²) in [5.74, 6) is -1.06. The average Bonchev–Trinajstić information content (AvgIpc) is 3.05. The van der Waals surface area contributed by atoms with E-state index in [4.69, 9.17) is 9.52 Å². The fourth-order valence-electron chi connectivity index (χ4n) is 2.38. The lowest BCUT2D eigenvalue weighted by Gasteiger charge is -2.25. The van der Waals surface area contributed by atoms with E-state index in [9.17, 15) is 4.79 Å². The zero-order valence-electron chi connectivity index (χ0n) is 11.5. The molecule has 1 aromatic heterocycles. The van der Waals surface area contributed by atoms with Gasteiger partial charge in [-0.25, -0.2) is 4.79 Å². The summed E-state index contributed by atoms with van der Waals surface area (Å²) in [6, 6.07) is 0.907. The Morgan fingerprint density at radius 2 is 2.26 bits per heavy atom. The lowest BCUT2D eigenvalue weighted by Crippen LogP contribution is -2.33. The molecule has 19 heavy (non-hydrogen) atoms. The van der Waals surface area contributed by atoms with Crippen LogP contribution in [0, 0.1) is 0 Å². The molecule has 6 nitrogen and oxygen atoms in total. The summed E-state index contributed by atoms with van der Waals surface area (Å²) < 4.78 is 5.17. The van der Waals surface area contributed by atoms with E-state index in [0.717, 1.165) is 13.0 Å². The third kappa shape index (κ3) is 3.47. The molecule has 0 aliphatic carbocycles. The van der Waals surface area contributed by atoms with E-state index >= 15 is 0 Å². The molecule has 0 radical (unpaired) electrons. The number of rotatable bonds is 6.